The Morgan fingerprint density at radius 3 is 2.70 bits per heavy atom. The molecule has 3 heterocycles. The first-order chi connectivity index (χ1) is 17.5. The molecule has 4 rings (SSSR count). The van der Waals surface area contributed by atoms with Crippen molar-refractivity contribution in [1.82, 2.24) is 14.6 Å². The SMILES string of the molecule is CC(C)OC(=O)C(C)NP(=O)(OCC1CC(C)C(n2ccc(=O)[nH]c2=O)O1)Oc1ccc2c(c1)OCO2. The monoisotopic (exact) mass is 539 g/mol. The molecule has 0 aliphatic carbocycles. The van der Waals surface area contributed by atoms with E-state index in [0.717, 1.165) is 0 Å². The molecule has 13 nitrogen and oxygen atoms in total. The third-order valence-electron chi connectivity index (χ3n) is 5.64. The summed E-state index contributed by atoms with van der Waals surface area (Å²) in [5, 5.41) is 2.62. The van der Waals surface area contributed by atoms with Crippen LogP contribution in [0, 0.1) is 5.92 Å². The summed E-state index contributed by atoms with van der Waals surface area (Å²) in [6, 6.07) is 4.86. The van der Waals surface area contributed by atoms with Crippen molar-refractivity contribution < 1.29 is 37.4 Å². The highest BCUT2D eigenvalue weighted by Crippen LogP contribution is 2.48. The average Bonchev–Trinajstić information content (AvgIpc) is 3.43. The highest BCUT2D eigenvalue weighted by molar-refractivity contribution is 7.52. The second-order valence-electron chi connectivity index (χ2n) is 9.12. The van der Waals surface area contributed by atoms with Gasteiger partial charge in [0.15, 0.2) is 11.5 Å². The van der Waals surface area contributed by atoms with E-state index in [-0.39, 0.29) is 31.2 Å². The van der Waals surface area contributed by atoms with Crippen LogP contribution in [0.15, 0.2) is 40.1 Å². The van der Waals surface area contributed by atoms with Gasteiger partial charge in [0.2, 0.25) is 6.79 Å². The fraction of sp³-hybridized carbons (Fsp3) is 0.522. The molecule has 0 radical (unpaired) electrons. The van der Waals surface area contributed by atoms with E-state index in [1.807, 2.05) is 6.92 Å². The molecule has 1 aromatic carbocycles. The van der Waals surface area contributed by atoms with Crippen molar-refractivity contribution in [3.63, 3.8) is 0 Å². The summed E-state index contributed by atoms with van der Waals surface area (Å²) in [7, 11) is -4.14. The molecule has 2 aliphatic heterocycles. The lowest BCUT2D eigenvalue weighted by Crippen LogP contribution is -2.36. The second-order valence-corrected chi connectivity index (χ2v) is 10.8. The van der Waals surface area contributed by atoms with E-state index in [1.165, 1.54) is 35.9 Å². The molecule has 0 bridgehead atoms. The highest BCUT2D eigenvalue weighted by Gasteiger charge is 2.38. The van der Waals surface area contributed by atoms with Crippen molar-refractivity contribution in [3.8, 4) is 17.2 Å². The van der Waals surface area contributed by atoms with Crippen molar-refractivity contribution in [3.05, 3.63) is 51.3 Å². The molecule has 1 fully saturated rings. The highest BCUT2D eigenvalue weighted by atomic mass is 31.2. The first kappa shape index (κ1) is 26.9. The topological polar surface area (TPSA) is 156 Å². The van der Waals surface area contributed by atoms with Crippen LogP contribution in [0.3, 0.4) is 0 Å². The van der Waals surface area contributed by atoms with Crippen molar-refractivity contribution in [1.29, 1.82) is 0 Å². The minimum Gasteiger partial charge on any atom is -0.462 e. The molecule has 5 unspecified atom stereocenters. The number of H-pyrrole nitrogens is 1. The van der Waals surface area contributed by atoms with Crippen LogP contribution in [0.25, 0.3) is 0 Å². The number of ether oxygens (including phenoxy) is 4. The van der Waals surface area contributed by atoms with Crippen molar-refractivity contribution in [2.45, 2.75) is 58.6 Å². The predicted octanol–water partition coefficient (Wildman–Crippen LogP) is 2.32. The van der Waals surface area contributed by atoms with Gasteiger partial charge in [-0.25, -0.2) is 9.36 Å². The maximum Gasteiger partial charge on any atom is 0.459 e. The standard InChI is InChI=1S/C23H30N3O10P/c1-13(2)34-22(28)15(4)25-37(30,36-16-5-6-18-19(10-16)32-12-31-18)33-11-17-9-14(3)21(35-17)26-8-7-20(27)24-23(26)29/h5-8,10,13-15,17,21H,9,11-12H2,1-4H3,(H,25,30)(H,24,27,29). The fourth-order valence-corrected chi connectivity index (χ4v) is 5.47. The van der Waals surface area contributed by atoms with Crippen LogP contribution >= 0.6 is 7.75 Å². The summed E-state index contributed by atoms with van der Waals surface area (Å²) in [4.78, 5) is 38.2. The summed E-state index contributed by atoms with van der Waals surface area (Å²) in [5.41, 5.74) is -1.11. The number of aromatic amines is 1. The zero-order chi connectivity index (χ0) is 26.7. The van der Waals surface area contributed by atoms with Crippen molar-refractivity contribution >= 4 is 13.7 Å². The van der Waals surface area contributed by atoms with Gasteiger partial charge in [0.25, 0.3) is 5.56 Å². The molecule has 0 spiro atoms. The van der Waals surface area contributed by atoms with Crippen LogP contribution in [0.2, 0.25) is 0 Å². The second kappa shape index (κ2) is 11.1. The fourth-order valence-electron chi connectivity index (χ4n) is 3.96. The number of carbonyl (C=O) groups excluding carboxylic acids is 1. The largest absolute Gasteiger partial charge is 0.462 e. The smallest absolute Gasteiger partial charge is 0.459 e. The quantitative estimate of drug-likeness (QED) is 0.337. The Balaban J connectivity index is 1.48. The van der Waals surface area contributed by atoms with Crippen LogP contribution in [-0.2, 0) is 23.4 Å². The first-order valence-corrected chi connectivity index (χ1v) is 13.4. The summed E-state index contributed by atoms with van der Waals surface area (Å²) in [5.74, 6) is 0.360. The molecular weight excluding hydrogens is 509 g/mol. The lowest BCUT2D eigenvalue weighted by molar-refractivity contribution is -0.149. The van der Waals surface area contributed by atoms with Gasteiger partial charge in [-0.05, 0) is 39.3 Å². The third-order valence-corrected chi connectivity index (χ3v) is 7.28. The molecule has 2 N–H and O–H groups in total. The van der Waals surface area contributed by atoms with Crippen LogP contribution in [0.1, 0.15) is 40.3 Å². The molecule has 1 aromatic heterocycles. The van der Waals surface area contributed by atoms with Gasteiger partial charge in [-0.15, -0.1) is 0 Å². The summed E-state index contributed by atoms with van der Waals surface area (Å²) in [6.07, 6.45) is 0.272. The van der Waals surface area contributed by atoms with Gasteiger partial charge in [0.1, 0.15) is 18.0 Å². The van der Waals surface area contributed by atoms with E-state index in [9.17, 15) is 18.9 Å². The number of nitrogens with one attached hydrogen (secondary N) is 2. The lowest BCUT2D eigenvalue weighted by atomic mass is 10.1. The van der Waals surface area contributed by atoms with Gasteiger partial charge in [-0.1, -0.05) is 6.92 Å². The van der Waals surface area contributed by atoms with Crippen LogP contribution < -0.4 is 30.3 Å². The van der Waals surface area contributed by atoms with E-state index in [4.69, 9.17) is 28.0 Å². The molecule has 14 heteroatoms. The minimum absolute atomic E-state index is 0.0556. The van der Waals surface area contributed by atoms with Gasteiger partial charge in [-0.3, -0.25) is 23.7 Å². The number of carbonyl (C=O) groups is 1. The number of esters is 1. The average molecular weight is 539 g/mol. The number of aromatic nitrogens is 2. The van der Waals surface area contributed by atoms with Gasteiger partial charge in [-0.2, -0.15) is 5.09 Å². The van der Waals surface area contributed by atoms with Crippen LogP contribution in [0.4, 0.5) is 0 Å². The van der Waals surface area contributed by atoms with E-state index in [0.29, 0.717) is 17.9 Å². The number of hydrogen-bond acceptors (Lipinski definition) is 10. The molecular formula is C23H30N3O10P. The van der Waals surface area contributed by atoms with E-state index >= 15 is 0 Å². The first-order valence-electron chi connectivity index (χ1n) is 11.8. The molecule has 2 aromatic rings. The van der Waals surface area contributed by atoms with E-state index < -0.39 is 43.3 Å². The third kappa shape index (κ3) is 6.61. The Morgan fingerprint density at radius 2 is 1.97 bits per heavy atom. The van der Waals surface area contributed by atoms with Gasteiger partial charge >= 0.3 is 19.4 Å². The van der Waals surface area contributed by atoms with Gasteiger partial charge in [0.05, 0.1) is 18.8 Å². The molecule has 0 saturated carbocycles. The Kier molecular flexibility index (Phi) is 8.08. The van der Waals surface area contributed by atoms with Crippen LogP contribution in [-0.4, -0.2) is 47.2 Å². The number of fused-ring (bicyclic) bond motifs is 1. The Morgan fingerprint density at radius 1 is 1.22 bits per heavy atom. The summed E-state index contributed by atoms with van der Waals surface area (Å²) < 4.78 is 48.3. The van der Waals surface area contributed by atoms with Gasteiger partial charge in [0, 0.05) is 24.2 Å². The molecule has 5 atom stereocenters. The lowest BCUT2D eigenvalue weighted by Gasteiger charge is -2.24. The molecule has 0 amide bonds. The minimum atomic E-state index is -4.14. The maximum atomic E-state index is 13.8. The van der Waals surface area contributed by atoms with Crippen molar-refractivity contribution in [2.75, 3.05) is 13.4 Å². The van der Waals surface area contributed by atoms with Crippen LogP contribution in [0.5, 0.6) is 17.2 Å². The summed E-state index contributed by atoms with van der Waals surface area (Å²) in [6.45, 7) is 6.66. The number of rotatable bonds is 10. The number of nitrogens with zero attached hydrogens (tertiary/aromatic N) is 1. The van der Waals surface area contributed by atoms with Crippen molar-refractivity contribution in [2.24, 2.45) is 5.92 Å². The number of benzene rings is 1. The molecule has 37 heavy (non-hydrogen) atoms. The van der Waals surface area contributed by atoms with E-state index in [1.54, 1.807) is 19.9 Å². The Labute approximate surface area is 212 Å². The Bertz CT molecular complexity index is 1290. The van der Waals surface area contributed by atoms with E-state index in [2.05, 4.69) is 10.1 Å². The number of hydrogen-bond donors (Lipinski definition) is 2. The predicted molar refractivity (Wildman–Crippen MR) is 130 cm³/mol. The maximum absolute atomic E-state index is 13.8. The molecule has 1 saturated heterocycles. The summed E-state index contributed by atoms with van der Waals surface area (Å²) >= 11 is 0. The van der Waals surface area contributed by atoms with Gasteiger partial charge < -0.3 is 23.5 Å². The zero-order valence-corrected chi connectivity index (χ0v) is 21.8. The normalized spacial score (nSPS) is 23.0. The Hall–Kier alpha value is -3.12. The molecule has 2 aliphatic rings. The molecule has 202 valence electrons. The zero-order valence-electron chi connectivity index (χ0n) is 20.9.